The number of carbonyl (C=O) groups is 1. The molecule has 0 saturated carbocycles. The van der Waals surface area contributed by atoms with Gasteiger partial charge in [0, 0.05) is 37.2 Å². The summed E-state index contributed by atoms with van der Waals surface area (Å²) in [6, 6.07) is 3.35. The van der Waals surface area contributed by atoms with Crippen LogP contribution < -0.4 is 5.32 Å². The predicted octanol–water partition coefficient (Wildman–Crippen LogP) is 3.36. The molecule has 0 fully saturated rings. The first-order valence-electron chi connectivity index (χ1n) is 5.52. The number of hydrogen-bond donors (Lipinski definition) is 1. The van der Waals surface area contributed by atoms with E-state index in [0.717, 1.165) is 12.1 Å². The van der Waals surface area contributed by atoms with E-state index in [9.17, 15) is 18.0 Å². The van der Waals surface area contributed by atoms with Crippen molar-refractivity contribution in [3.63, 3.8) is 0 Å². The second-order valence-corrected chi connectivity index (χ2v) is 5.01. The molecule has 0 saturated heterocycles. The number of benzene rings is 1. The molecule has 7 heteroatoms. The van der Waals surface area contributed by atoms with Crippen LogP contribution in [0, 0.1) is 0 Å². The fourth-order valence-electron chi connectivity index (χ4n) is 1.36. The number of rotatable bonds is 4. The van der Waals surface area contributed by atoms with Crippen molar-refractivity contribution in [1.82, 2.24) is 4.90 Å². The van der Waals surface area contributed by atoms with Crippen molar-refractivity contribution in [3.05, 3.63) is 28.2 Å². The maximum atomic E-state index is 12.5. The second-order valence-electron chi connectivity index (χ2n) is 4.16. The SMILES string of the molecule is CN(C)C(=O)CCNc1ccc(C(F)(F)F)cc1Br. The summed E-state index contributed by atoms with van der Waals surface area (Å²) in [5.41, 5.74) is -0.186. The van der Waals surface area contributed by atoms with E-state index < -0.39 is 11.7 Å². The number of carbonyl (C=O) groups excluding carboxylic acids is 1. The van der Waals surface area contributed by atoms with Gasteiger partial charge >= 0.3 is 6.18 Å². The van der Waals surface area contributed by atoms with Gasteiger partial charge in [-0.05, 0) is 34.1 Å². The van der Waals surface area contributed by atoms with E-state index in [4.69, 9.17) is 0 Å². The van der Waals surface area contributed by atoms with Crippen LogP contribution in [0.5, 0.6) is 0 Å². The molecule has 1 rings (SSSR count). The molecule has 0 aliphatic carbocycles. The molecule has 1 aromatic carbocycles. The van der Waals surface area contributed by atoms with Crippen LogP contribution in [-0.4, -0.2) is 31.4 Å². The zero-order valence-corrected chi connectivity index (χ0v) is 12.1. The van der Waals surface area contributed by atoms with Gasteiger partial charge in [0.15, 0.2) is 0 Å². The molecule has 0 atom stereocenters. The van der Waals surface area contributed by atoms with E-state index in [1.807, 2.05) is 0 Å². The highest BCUT2D eigenvalue weighted by Crippen LogP contribution is 2.33. The van der Waals surface area contributed by atoms with Crippen LogP contribution in [-0.2, 0) is 11.0 Å². The smallest absolute Gasteiger partial charge is 0.384 e. The molecule has 0 aromatic heterocycles. The Balaban J connectivity index is 2.64. The Kier molecular flexibility index (Phi) is 5.22. The Hall–Kier alpha value is -1.24. The Bertz CT molecular complexity index is 461. The predicted molar refractivity (Wildman–Crippen MR) is 70.9 cm³/mol. The van der Waals surface area contributed by atoms with Gasteiger partial charge in [-0.2, -0.15) is 13.2 Å². The summed E-state index contributed by atoms with van der Waals surface area (Å²) in [5.74, 6) is -0.0458. The molecule has 0 radical (unpaired) electrons. The molecule has 3 nitrogen and oxygen atoms in total. The lowest BCUT2D eigenvalue weighted by molar-refractivity contribution is -0.137. The summed E-state index contributed by atoms with van der Waals surface area (Å²) in [5, 5.41) is 2.92. The summed E-state index contributed by atoms with van der Waals surface area (Å²) in [6.07, 6.45) is -4.08. The van der Waals surface area contributed by atoms with Gasteiger partial charge in [-0.25, -0.2) is 0 Å². The van der Waals surface area contributed by atoms with E-state index in [1.165, 1.54) is 11.0 Å². The van der Waals surface area contributed by atoms with Gasteiger partial charge in [0.25, 0.3) is 0 Å². The minimum Gasteiger partial charge on any atom is -0.384 e. The van der Waals surface area contributed by atoms with Gasteiger partial charge in [0.2, 0.25) is 5.91 Å². The van der Waals surface area contributed by atoms with Crippen molar-refractivity contribution >= 4 is 27.5 Å². The number of hydrogen-bond acceptors (Lipinski definition) is 2. The first-order chi connectivity index (χ1) is 8.71. The molecule has 0 spiro atoms. The highest BCUT2D eigenvalue weighted by atomic mass is 79.9. The van der Waals surface area contributed by atoms with E-state index in [0.29, 0.717) is 16.7 Å². The van der Waals surface area contributed by atoms with Crippen LogP contribution in [0.1, 0.15) is 12.0 Å². The highest BCUT2D eigenvalue weighted by molar-refractivity contribution is 9.10. The number of anilines is 1. The van der Waals surface area contributed by atoms with Gasteiger partial charge in [0.1, 0.15) is 0 Å². The third kappa shape index (κ3) is 4.74. The van der Waals surface area contributed by atoms with Crippen molar-refractivity contribution in [3.8, 4) is 0 Å². The number of nitrogens with one attached hydrogen (secondary N) is 1. The van der Waals surface area contributed by atoms with Crippen molar-refractivity contribution < 1.29 is 18.0 Å². The maximum absolute atomic E-state index is 12.5. The Morgan fingerprint density at radius 2 is 2.00 bits per heavy atom. The molecule has 0 unspecified atom stereocenters. The number of halogens is 4. The molecule has 106 valence electrons. The fourth-order valence-corrected chi connectivity index (χ4v) is 1.88. The topological polar surface area (TPSA) is 32.3 Å². The van der Waals surface area contributed by atoms with Crippen molar-refractivity contribution in [2.75, 3.05) is 26.0 Å². The van der Waals surface area contributed by atoms with Gasteiger partial charge in [-0.1, -0.05) is 0 Å². The summed E-state index contributed by atoms with van der Waals surface area (Å²) in [6.45, 7) is 0.362. The average molecular weight is 339 g/mol. The number of nitrogens with zero attached hydrogens (tertiary/aromatic N) is 1. The molecule has 0 heterocycles. The molecule has 1 N–H and O–H groups in total. The zero-order valence-electron chi connectivity index (χ0n) is 10.5. The van der Waals surface area contributed by atoms with Crippen molar-refractivity contribution in [2.24, 2.45) is 0 Å². The van der Waals surface area contributed by atoms with Crippen molar-refractivity contribution in [2.45, 2.75) is 12.6 Å². The molecule has 0 aliphatic heterocycles. The largest absolute Gasteiger partial charge is 0.416 e. The van der Waals surface area contributed by atoms with E-state index in [1.54, 1.807) is 14.1 Å². The van der Waals surface area contributed by atoms with Crippen molar-refractivity contribution in [1.29, 1.82) is 0 Å². The highest BCUT2D eigenvalue weighted by Gasteiger charge is 2.30. The Morgan fingerprint density at radius 1 is 1.37 bits per heavy atom. The molecular formula is C12H14BrF3N2O. The second kappa shape index (κ2) is 6.27. The fraction of sp³-hybridized carbons (Fsp3) is 0.417. The monoisotopic (exact) mass is 338 g/mol. The van der Waals surface area contributed by atoms with Gasteiger partial charge in [0.05, 0.1) is 5.56 Å². The molecule has 19 heavy (non-hydrogen) atoms. The third-order valence-electron chi connectivity index (χ3n) is 2.45. The van der Waals surface area contributed by atoms with Crippen LogP contribution in [0.25, 0.3) is 0 Å². The van der Waals surface area contributed by atoms with Crippen LogP contribution in [0.3, 0.4) is 0 Å². The summed E-state index contributed by atoms with van der Waals surface area (Å²) < 4.78 is 37.7. The zero-order chi connectivity index (χ0) is 14.6. The van der Waals surface area contributed by atoms with Crippen LogP contribution in [0.15, 0.2) is 22.7 Å². The molecule has 0 bridgehead atoms. The van der Waals surface area contributed by atoms with E-state index >= 15 is 0 Å². The normalized spacial score (nSPS) is 11.3. The molecule has 1 amide bonds. The lowest BCUT2D eigenvalue weighted by atomic mass is 10.2. The minimum atomic E-state index is -4.36. The third-order valence-corrected chi connectivity index (χ3v) is 3.11. The summed E-state index contributed by atoms with van der Waals surface area (Å²) in [4.78, 5) is 12.8. The first kappa shape index (κ1) is 15.8. The van der Waals surface area contributed by atoms with E-state index in [-0.39, 0.29) is 12.3 Å². The van der Waals surface area contributed by atoms with E-state index in [2.05, 4.69) is 21.2 Å². The minimum absolute atomic E-state index is 0.0458. The first-order valence-corrected chi connectivity index (χ1v) is 6.32. The Labute approximate surface area is 117 Å². The standard InChI is InChI=1S/C12H14BrF3N2O/c1-18(2)11(19)5-6-17-10-4-3-8(7-9(10)13)12(14,15)16/h3-4,7,17H,5-6H2,1-2H3. The van der Waals surface area contributed by atoms with Crippen LogP contribution in [0.4, 0.5) is 18.9 Å². The van der Waals surface area contributed by atoms with Gasteiger partial charge in [-0.15, -0.1) is 0 Å². The van der Waals surface area contributed by atoms with Gasteiger partial charge < -0.3 is 10.2 Å². The molecule has 1 aromatic rings. The molecule has 0 aliphatic rings. The summed E-state index contributed by atoms with van der Waals surface area (Å²) >= 11 is 3.08. The quantitative estimate of drug-likeness (QED) is 0.912. The van der Waals surface area contributed by atoms with Crippen LogP contribution >= 0.6 is 15.9 Å². The Morgan fingerprint density at radius 3 is 2.47 bits per heavy atom. The van der Waals surface area contributed by atoms with Gasteiger partial charge in [-0.3, -0.25) is 4.79 Å². The number of amides is 1. The average Bonchev–Trinajstić information content (AvgIpc) is 2.29. The summed E-state index contributed by atoms with van der Waals surface area (Å²) in [7, 11) is 3.30. The lowest BCUT2D eigenvalue weighted by Crippen LogP contribution is -2.23. The maximum Gasteiger partial charge on any atom is 0.416 e. The van der Waals surface area contributed by atoms with Crippen LogP contribution in [0.2, 0.25) is 0 Å². The number of alkyl halides is 3. The molecular weight excluding hydrogens is 325 g/mol. The lowest BCUT2D eigenvalue weighted by Gasteiger charge is -2.13.